The number of allylic oxidation sites excluding steroid dienone is 14. The number of hydrogen-bond donors (Lipinski definition) is 0. The third-order valence-corrected chi connectivity index (χ3v) is 14.6. The summed E-state index contributed by atoms with van der Waals surface area (Å²) in [4.78, 5) is 38.4. The van der Waals surface area contributed by atoms with Gasteiger partial charge >= 0.3 is 17.9 Å². The van der Waals surface area contributed by atoms with E-state index in [1.165, 1.54) is 193 Å². The summed E-state index contributed by atoms with van der Waals surface area (Å²) in [5, 5.41) is 0. The lowest BCUT2D eigenvalue weighted by atomic mass is 10.1. The van der Waals surface area contributed by atoms with Gasteiger partial charge in [-0.15, -0.1) is 0 Å². The molecule has 0 aromatic rings. The fourth-order valence-electron chi connectivity index (χ4n) is 9.58. The molecule has 1 atom stereocenters. The van der Waals surface area contributed by atoms with Crippen molar-refractivity contribution in [2.24, 2.45) is 0 Å². The van der Waals surface area contributed by atoms with Crippen molar-refractivity contribution >= 4 is 17.9 Å². The summed E-state index contributed by atoms with van der Waals surface area (Å²) in [6.45, 7) is 6.55. The van der Waals surface area contributed by atoms with Crippen LogP contribution in [-0.4, -0.2) is 37.2 Å². The molecular formula is C72H126O6. The molecule has 0 spiro atoms. The van der Waals surface area contributed by atoms with Crippen LogP contribution in [0.5, 0.6) is 0 Å². The van der Waals surface area contributed by atoms with Gasteiger partial charge in [0.25, 0.3) is 0 Å². The van der Waals surface area contributed by atoms with Gasteiger partial charge in [-0.25, -0.2) is 0 Å². The highest BCUT2D eigenvalue weighted by molar-refractivity contribution is 5.71. The van der Waals surface area contributed by atoms with Crippen LogP contribution in [0.25, 0.3) is 0 Å². The van der Waals surface area contributed by atoms with E-state index in [2.05, 4.69) is 106 Å². The summed E-state index contributed by atoms with van der Waals surface area (Å²) in [6.07, 6.45) is 87.3. The molecule has 0 fully saturated rings. The van der Waals surface area contributed by atoms with E-state index in [4.69, 9.17) is 14.2 Å². The van der Waals surface area contributed by atoms with Crippen LogP contribution in [0.2, 0.25) is 0 Å². The van der Waals surface area contributed by atoms with Gasteiger partial charge in [-0.1, -0.05) is 286 Å². The maximum absolute atomic E-state index is 12.9. The summed E-state index contributed by atoms with van der Waals surface area (Å²) in [5.41, 5.74) is 0. The zero-order valence-corrected chi connectivity index (χ0v) is 51.7. The maximum atomic E-state index is 12.9. The zero-order valence-electron chi connectivity index (χ0n) is 51.7. The second-order valence-corrected chi connectivity index (χ2v) is 22.3. The Kier molecular flexibility index (Phi) is 63.2. The molecule has 0 amide bonds. The van der Waals surface area contributed by atoms with E-state index in [9.17, 15) is 14.4 Å². The van der Waals surface area contributed by atoms with Crippen LogP contribution in [0.1, 0.15) is 335 Å². The summed E-state index contributed by atoms with van der Waals surface area (Å²) in [7, 11) is 0. The second-order valence-electron chi connectivity index (χ2n) is 22.3. The number of esters is 3. The lowest BCUT2D eigenvalue weighted by Crippen LogP contribution is -2.30. The molecule has 0 saturated carbocycles. The number of unbranched alkanes of at least 4 members (excludes halogenated alkanes) is 36. The maximum Gasteiger partial charge on any atom is 0.306 e. The standard InChI is InChI=1S/C72H126O6/c1-4-7-10-13-16-19-22-25-28-31-33-35-36-38-39-41-44-47-50-53-56-59-62-65-71(74)77-68-69(67-76-70(73)64-61-58-55-52-49-46-43-30-27-24-21-18-15-12-9-6-3)78-72(75)66-63-60-57-54-51-48-45-42-40-37-34-32-29-26-23-20-17-14-11-8-5-2/h7,10,16,19,25,28,30,32-35,38-39,43,69H,4-6,8-9,11-15,17-18,20-24,26-27,29,31,36-37,40-42,44-68H2,1-3H3/b10-7-,19-16-,28-25-,34-32-,35-33-,39-38-,43-30-. The van der Waals surface area contributed by atoms with E-state index in [1.54, 1.807) is 0 Å². The Hall–Kier alpha value is -3.41. The molecule has 0 rings (SSSR count). The van der Waals surface area contributed by atoms with Gasteiger partial charge in [-0.05, 0) is 116 Å². The topological polar surface area (TPSA) is 78.9 Å². The highest BCUT2D eigenvalue weighted by atomic mass is 16.6. The molecular weight excluding hydrogens is 961 g/mol. The molecule has 0 saturated heterocycles. The minimum Gasteiger partial charge on any atom is -0.462 e. The molecule has 6 heteroatoms. The highest BCUT2D eigenvalue weighted by Gasteiger charge is 2.19. The van der Waals surface area contributed by atoms with Crippen molar-refractivity contribution in [3.8, 4) is 0 Å². The molecule has 0 heterocycles. The summed E-state index contributed by atoms with van der Waals surface area (Å²) >= 11 is 0. The van der Waals surface area contributed by atoms with E-state index >= 15 is 0 Å². The minimum atomic E-state index is -0.788. The molecule has 1 unspecified atom stereocenters. The van der Waals surface area contributed by atoms with Crippen LogP contribution in [-0.2, 0) is 28.6 Å². The van der Waals surface area contributed by atoms with Gasteiger partial charge in [0.1, 0.15) is 13.2 Å². The quantitative estimate of drug-likeness (QED) is 0.0261. The molecule has 0 radical (unpaired) electrons. The Labute approximate surface area is 484 Å². The van der Waals surface area contributed by atoms with Crippen LogP contribution in [0.4, 0.5) is 0 Å². The van der Waals surface area contributed by atoms with Crippen molar-refractivity contribution in [3.63, 3.8) is 0 Å². The van der Waals surface area contributed by atoms with Crippen LogP contribution < -0.4 is 0 Å². The van der Waals surface area contributed by atoms with Gasteiger partial charge < -0.3 is 14.2 Å². The van der Waals surface area contributed by atoms with Crippen LogP contribution in [0.15, 0.2) is 85.1 Å². The van der Waals surface area contributed by atoms with Crippen LogP contribution in [0.3, 0.4) is 0 Å². The SMILES string of the molecule is CC/C=C\C/C=C\C/C=C\C/C=C\C/C=C\CCCCCCCCCC(=O)OCC(COC(=O)CCCCCCC/C=C\CCCCCCCCC)OC(=O)CCCCCCCCCCC/C=C\CCCCCCCCCC. The largest absolute Gasteiger partial charge is 0.462 e. The van der Waals surface area contributed by atoms with Crippen molar-refractivity contribution < 1.29 is 28.6 Å². The zero-order chi connectivity index (χ0) is 56.4. The number of hydrogen-bond acceptors (Lipinski definition) is 6. The van der Waals surface area contributed by atoms with E-state index in [1.807, 2.05) is 0 Å². The van der Waals surface area contributed by atoms with Crippen LogP contribution >= 0.6 is 0 Å². The van der Waals surface area contributed by atoms with Gasteiger partial charge in [0.2, 0.25) is 0 Å². The summed E-state index contributed by atoms with van der Waals surface area (Å²) < 4.78 is 17.0. The third-order valence-electron chi connectivity index (χ3n) is 14.6. The van der Waals surface area contributed by atoms with Gasteiger partial charge in [-0.2, -0.15) is 0 Å². The first-order valence-electron chi connectivity index (χ1n) is 33.6. The lowest BCUT2D eigenvalue weighted by molar-refractivity contribution is -0.167. The number of rotatable bonds is 61. The first kappa shape index (κ1) is 74.6. The molecule has 0 aliphatic rings. The lowest BCUT2D eigenvalue weighted by Gasteiger charge is -2.18. The van der Waals surface area contributed by atoms with Crippen molar-refractivity contribution in [1.82, 2.24) is 0 Å². The van der Waals surface area contributed by atoms with E-state index in [-0.39, 0.29) is 31.1 Å². The number of carbonyl (C=O) groups excluding carboxylic acids is 3. The second kappa shape index (κ2) is 66.1. The van der Waals surface area contributed by atoms with Gasteiger partial charge in [0, 0.05) is 19.3 Å². The Morgan fingerprint density at radius 1 is 0.269 bits per heavy atom. The molecule has 0 aliphatic carbocycles. The fourth-order valence-corrected chi connectivity index (χ4v) is 9.58. The predicted molar refractivity (Wildman–Crippen MR) is 339 cm³/mol. The summed E-state index contributed by atoms with van der Waals surface area (Å²) in [5.74, 6) is -0.889. The highest BCUT2D eigenvalue weighted by Crippen LogP contribution is 2.16. The minimum absolute atomic E-state index is 0.0836. The van der Waals surface area contributed by atoms with Crippen LogP contribution in [0, 0.1) is 0 Å². The third kappa shape index (κ3) is 63.4. The average Bonchev–Trinajstić information content (AvgIpc) is 3.44. The Balaban J connectivity index is 4.39. The smallest absolute Gasteiger partial charge is 0.306 e. The number of carbonyl (C=O) groups is 3. The Morgan fingerprint density at radius 3 is 0.795 bits per heavy atom. The molecule has 0 aliphatic heterocycles. The first-order chi connectivity index (χ1) is 38.5. The monoisotopic (exact) mass is 1090 g/mol. The molecule has 0 bridgehead atoms. The van der Waals surface area contributed by atoms with Crippen molar-refractivity contribution in [2.45, 2.75) is 341 Å². The molecule has 6 nitrogen and oxygen atoms in total. The fraction of sp³-hybridized carbons (Fsp3) is 0.764. The van der Waals surface area contributed by atoms with E-state index in [0.29, 0.717) is 19.3 Å². The predicted octanol–water partition coefficient (Wildman–Crippen LogP) is 23.1. The average molecular weight is 1090 g/mol. The summed E-state index contributed by atoms with van der Waals surface area (Å²) in [6, 6.07) is 0. The van der Waals surface area contributed by atoms with Crippen molar-refractivity contribution in [1.29, 1.82) is 0 Å². The van der Waals surface area contributed by atoms with E-state index < -0.39 is 6.10 Å². The molecule has 0 aromatic heterocycles. The molecule has 450 valence electrons. The molecule has 0 aromatic carbocycles. The molecule has 78 heavy (non-hydrogen) atoms. The molecule has 0 N–H and O–H groups in total. The van der Waals surface area contributed by atoms with Crippen molar-refractivity contribution in [2.75, 3.05) is 13.2 Å². The number of ether oxygens (including phenoxy) is 3. The van der Waals surface area contributed by atoms with Gasteiger partial charge in [0.05, 0.1) is 0 Å². The van der Waals surface area contributed by atoms with Gasteiger partial charge in [-0.3, -0.25) is 14.4 Å². The van der Waals surface area contributed by atoms with Gasteiger partial charge in [0.15, 0.2) is 6.10 Å². The normalized spacial score (nSPS) is 12.6. The van der Waals surface area contributed by atoms with Crippen molar-refractivity contribution in [3.05, 3.63) is 85.1 Å². The Morgan fingerprint density at radius 2 is 0.500 bits per heavy atom. The Bertz CT molecular complexity index is 1480. The van der Waals surface area contributed by atoms with E-state index in [0.717, 1.165) is 103 Å². The first-order valence-corrected chi connectivity index (χ1v) is 33.6.